The van der Waals surface area contributed by atoms with E-state index in [2.05, 4.69) is 15.2 Å². The number of anilines is 2. The summed E-state index contributed by atoms with van der Waals surface area (Å²) in [5.74, 6) is 1.02. The van der Waals surface area contributed by atoms with Crippen molar-refractivity contribution in [2.24, 2.45) is 0 Å². The van der Waals surface area contributed by atoms with Crippen LogP contribution < -0.4 is 10.2 Å². The van der Waals surface area contributed by atoms with Crippen molar-refractivity contribution in [2.45, 2.75) is 32.2 Å². The van der Waals surface area contributed by atoms with Crippen LogP contribution in [0, 0.1) is 10.1 Å². The fraction of sp³-hybridized carbons (Fsp3) is 0.389. The van der Waals surface area contributed by atoms with Crippen LogP contribution in [0.15, 0.2) is 42.6 Å². The van der Waals surface area contributed by atoms with Gasteiger partial charge >= 0.3 is 0 Å². The zero-order valence-corrected chi connectivity index (χ0v) is 13.6. The molecule has 0 radical (unpaired) electrons. The fourth-order valence-electron chi connectivity index (χ4n) is 2.99. The first kappa shape index (κ1) is 16.2. The minimum absolute atomic E-state index is 0.0895. The molecule has 6 nitrogen and oxygen atoms in total. The van der Waals surface area contributed by atoms with Crippen LogP contribution in [0.25, 0.3) is 0 Å². The van der Waals surface area contributed by atoms with Gasteiger partial charge in [-0.25, -0.2) is 4.98 Å². The van der Waals surface area contributed by atoms with Crippen LogP contribution in [-0.4, -0.2) is 23.0 Å². The number of nitrogens with one attached hydrogen (secondary N) is 1. The molecule has 1 aliphatic heterocycles. The molecule has 0 aliphatic carbocycles. The lowest BCUT2D eigenvalue weighted by Crippen LogP contribution is -2.24. The number of nitrogens with zero attached hydrogens (tertiary/aromatic N) is 3. The Morgan fingerprint density at radius 1 is 1.08 bits per heavy atom. The number of hydrogen-bond donors (Lipinski definition) is 1. The summed E-state index contributed by atoms with van der Waals surface area (Å²) in [4.78, 5) is 17.6. The van der Waals surface area contributed by atoms with Crippen molar-refractivity contribution in [2.75, 3.05) is 23.3 Å². The third-order valence-electron chi connectivity index (χ3n) is 4.32. The van der Waals surface area contributed by atoms with Crippen LogP contribution in [0.5, 0.6) is 0 Å². The van der Waals surface area contributed by atoms with Crippen LogP contribution in [0.4, 0.5) is 17.2 Å². The first-order chi connectivity index (χ1) is 11.7. The van der Waals surface area contributed by atoms with Crippen molar-refractivity contribution in [3.63, 3.8) is 0 Å². The van der Waals surface area contributed by atoms with Crippen LogP contribution >= 0.6 is 0 Å². The Labute approximate surface area is 141 Å². The number of nitro groups is 1. The molecule has 126 valence electrons. The number of rotatable bonds is 5. The highest BCUT2D eigenvalue weighted by atomic mass is 16.6. The van der Waals surface area contributed by atoms with Crippen molar-refractivity contribution >= 4 is 17.2 Å². The van der Waals surface area contributed by atoms with E-state index in [1.165, 1.54) is 31.7 Å². The Morgan fingerprint density at radius 2 is 1.83 bits per heavy atom. The van der Waals surface area contributed by atoms with Gasteiger partial charge in [0.1, 0.15) is 11.5 Å². The van der Waals surface area contributed by atoms with Gasteiger partial charge in [0.2, 0.25) is 0 Å². The van der Waals surface area contributed by atoms with E-state index in [-0.39, 0.29) is 10.6 Å². The summed E-state index contributed by atoms with van der Waals surface area (Å²) in [6.45, 7) is 2.65. The highest BCUT2D eigenvalue weighted by Gasteiger charge is 2.13. The summed E-state index contributed by atoms with van der Waals surface area (Å²) in [7, 11) is 0. The predicted octanol–water partition coefficient (Wildman–Crippen LogP) is 3.98. The monoisotopic (exact) mass is 326 g/mol. The minimum Gasteiger partial charge on any atom is -0.375 e. The third-order valence-corrected chi connectivity index (χ3v) is 4.32. The van der Waals surface area contributed by atoms with Crippen LogP contribution in [0.2, 0.25) is 0 Å². The number of benzene rings is 1. The van der Waals surface area contributed by atoms with Crippen LogP contribution in [0.3, 0.4) is 0 Å². The van der Waals surface area contributed by atoms with Gasteiger partial charge in [0.15, 0.2) is 0 Å². The zero-order valence-electron chi connectivity index (χ0n) is 13.6. The topological polar surface area (TPSA) is 71.3 Å². The normalized spacial score (nSPS) is 14.9. The molecule has 3 rings (SSSR count). The first-order valence-corrected chi connectivity index (χ1v) is 8.41. The van der Waals surface area contributed by atoms with Gasteiger partial charge < -0.3 is 10.2 Å². The fourth-order valence-corrected chi connectivity index (χ4v) is 2.99. The molecule has 0 saturated carbocycles. The minimum atomic E-state index is -0.372. The summed E-state index contributed by atoms with van der Waals surface area (Å²) in [5, 5.41) is 14.2. The number of pyridine rings is 1. The molecule has 1 N–H and O–H groups in total. The molecule has 0 atom stereocenters. The average Bonchev–Trinajstić information content (AvgIpc) is 2.90. The maximum absolute atomic E-state index is 11.0. The van der Waals surface area contributed by atoms with Crippen molar-refractivity contribution in [3.05, 3.63) is 58.3 Å². The van der Waals surface area contributed by atoms with Crippen molar-refractivity contribution in [1.29, 1.82) is 0 Å². The molecule has 6 heteroatoms. The SMILES string of the molecule is O=[N+]([O-])c1ccccc1NCc1ccc(N2CCCCCC2)nc1. The summed E-state index contributed by atoms with van der Waals surface area (Å²) < 4.78 is 0. The van der Waals surface area contributed by atoms with Crippen molar-refractivity contribution in [3.8, 4) is 0 Å². The molecule has 1 fully saturated rings. The number of nitro benzene ring substituents is 1. The molecule has 2 heterocycles. The summed E-state index contributed by atoms with van der Waals surface area (Å²) in [6.07, 6.45) is 6.90. The molecule has 1 aromatic heterocycles. The number of aromatic nitrogens is 1. The van der Waals surface area contributed by atoms with E-state index in [4.69, 9.17) is 0 Å². The van der Waals surface area contributed by atoms with Gasteiger partial charge in [0.05, 0.1) is 4.92 Å². The molecular weight excluding hydrogens is 304 g/mol. The van der Waals surface area contributed by atoms with E-state index in [0.717, 1.165) is 24.5 Å². The lowest BCUT2D eigenvalue weighted by atomic mass is 10.2. The first-order valence-electron chi connectivity index (χ1n) is 8.41. The molecule has 0 bridgehead atoms. The van der Waals surface area contributed by atoms with E-state index >= 15 is 0 Å². The highest BCUT2D eigenvalue weighted by Crippen LogP contribution is 2.24. The Morgan fingerprint density at radius 3 is 2.50 bits per heavy atom. The summed E-state index contributed by atoms with van der Waals surface area (Å²) >= 11 is 0. The summed E-state index contributed by atoms with van der Waals surface area (Å²) in [6, 6.07) is 10.8. The lowest BCUT2D eigenvalue weighted by Gasteiger charge is -2.21. The average molecular weight is 326 g/mol. The van der Waals surface area contributed by atoms with E-state index < -0.39 is 0 Å². The second-order valence-electron chi connectivity index (χ2n) is 6.05. The molecule has 1 saturated heterocycles. The van der Waals surface area contributed by atoms with Gasteiger partial charge in [-0.2, -0.15) is 0 Å². The van der Waals surface area contributed by atoms with E-state index in [1.54, 1.807) is 18.2 Å². The molecule has 0 unspecified atom stereocenters. The van der Waals surface area contributed by atoms with Gasteiger partial charge in [-0.05, 0) is 30.5 Å². The van der Waals surface area contributed by atoms with Crippen molar-refractivity contribution < 1.29 is 4.92 Å². The zero-order chi connectivity index (χ0) is 16.8. The molecule has 0 amide bonds. The smallest absolute Gasteiger partial charge is 0.292 e. The summed E-state index contributed by atoms with van der Waals surface area (Å²) in [5.41, 5.74) is 1.62. The molecule has 0 spiro atoms. The van der Waals surface area contributed by atoms with Crippen LogP contribution in [-0.2, 0) is 6.54 Å². The van der Waals surface area contributed by atoms with Gasteiger partial charge in [0, 0.05) is 31.9 Å². The predicted molar refractivity (Wildman–Crippen MR) is 95.3 cm³/mol. The van der Waals surface area contributed by atoms with Gasteiger partial charge in [-0.1, -0.05) is 31.0 Å². The maximum Gasteiger partial charge on any atom is 0.292 e. The Kier molecular flexibility index (Phi) is 5.25. The van der Waals surface area contributed by atoms with Crippen LogP contribution in [0.1, 0.15) is 31.2 Å². The van der Waals surface area contributed by atoms with Gasteiger partial charge in [-0.15, -0.1) is 0 Å². The number of para-hydroxylation sites is 2. The highest BCUT2D eigenvalue weighted by molar-refractivity contribution is 5.61. The molecule has 1 aromatic carbocycles. The van der Waals surface area contributed by atoms with Gasteiger partial charge in [0.25, 0.3) is 5.69 Å². The quantitative estimate of drug-likeness (QED) is 0.664. The van der Waals surface area contributed by atoms with E-state index in [9.17, 15) is 10.1 Å². The molecule has 24 heavy (non-hydrogen) atoms. The van der Waals surface area contributed by atoms with Gasteiger partial charge in [-0.3, -0.25) is 10.1 Å². The Hall–Kier alpha value is -2.63. The standard InChI is InChI=1S/C18H22N4O2/c23-22(24)17-8-4-3-7-16(17)19-13-15-9-10-18(20-14-15)21-11-5-1-2-6-12-21/h3-4,7-10,14,19H,1-2,5-6,11-13H2. The maximum atomic E-state index is 11.0. The second kappa shape index (κ2) is 7.77. The largest absolute Gasteiger partial charge is 0.375 e. The van der Waals surface area contributed by atoms with E-state index in [0.29, 0.717) is 12.2 Å². The Bertz CT molecular complexity index is 680. The van der Waals surface area contributed by atoms with E-state index in [1.807, 2.05) is 18.3 Å². The molecular formula is C18H22N4O2. The second-order valence-corrected chi connectivity index (χ2v) is 6.05. The third kappa shape index (κ3) is 4.01. The molecule has 1 aliphatic rings. The lowest BCUT2D eigenvalue weighted by molar-refractivity contribution is -0.384. The Balaban J connectivity index is 1.63. The van der Waals surface area contributed by atoms with Crippen molar-refractivity contribution in [1.82, 2.24) is 4.98 Å². The number of hydrogen-bond acceptors (Lipinski definition) is 5. The molecule has 2 aromatic rings.